The summed E-state index contributed by atoms with van der Waals surface area (Å²) in [4.78, 5) is 20.0. The molecule has 1 rings (SSSR count). The van der Waals surface area contributed by atoms with Gasteiger partial charge in [-0.3, -0.25) is 14.9 Å². The van der Waals surface area contributed by atoms with Crippen LogP contribution >= 0.6 is 11.6 Å². The van der Waals surface area contributed by atoms with Crippen molar-refractivity contribution in [3.8, 4) is 0 Å². The summed E-state index contributed by atoms with van der Waals surface area (Å²) in [5.74, 6) is 0. The van der Waals surface area contributed by atoms with E-state index < -0.39 is 33.2 Å². The lowest BCUT2D eigenvalue weighted by Crippen LogP contribution is -2.11. The molecule has 0 amide bonds. The van der Waals surface area contributed by atoms with Crippen LogP contribution in [0.5, 0.6) is 0 Å². The van der Waals surface area contributed by atoms with E-state index in [9.17, 15) is 28.1 Å². The smallest absolute Gasteiger partial charge is 0.275 e. The van der Waals surface area contributed by atoms with Gasteiger partial charge in [-0.15, -0.1) is 0 Å². The average molecular weight is 254 g/mol. The van der Waals surface area contributed by atoms with Gasteiger partial charge in [-0.1, -0.05) is 6.07 Å². The zero-order valence-corrected chi connectivity index (χ0v) is 8.17. The maximum absolute atomic E-state index is 12.4. The molecule has 1 aromatic carbocycles. The number of hydrogen-bond acceptors (Lipinski definition) is 3. The average Bonchev–Trinajstić information content (AvgIpc) is 2.14. The first-order valence-corrected chi connectivity index (χ1v) is 4.17. The zero-order chi connectivity index (χ0) is 12.5. The third-order valence-electron chi connectivity index (χ3n) is 1.74. The van der Waals surface area contributed by atoms with E-state index in [1.54, 1.807) is 0 Å². The molecule has 0 aliphatic rings. The molecule has 86 valence electrons. The molecule has 0 aliphatic carbocycles. The predicted molar refractivity (Wildman–Crippen MR) is 48.3 cm³/mol. The lowest BCUT2D eigenvalue weighted by Gasteiger charge is -2.08. The summed E-state index contributed by atoms with van der Waals surface area (Å²) in [6.07, 6.45) is -4.91. The van der Waals surface area contributed by atoms with Crippen molar-refractivity contribution in [1.82, 2.24) is 0 Å². The highest BCUT2D eigenvalue weighted by Gasteiger charge is 2.40. The fraction of sp³-hybridized carbons (Fsp3) is 0.125. The van der Waals surface area contributed by atoms with Crippen LogP contribution in [0.15, 0.2) is 18.2 Å². The van der Waals surface area contributed by atoms with E-state index in [1.807, 2.05) is 0 Å². The Hall–Kier alpha value is -1.63. The van der Waals surface area contributed by atoms with Crippen LogP contribution in [0.25, 0.3) is 0 Å². The molecule has 0 unspecified atom stereocenters. The zero-order valence-electron chi connectivity index (χ0n) is 7.42. The van der Waals surface area contributed by atoms with E-state index in [2.05, 4.69) is 0 Å². The van der Waals surface area contributed by atoms with E-state index in [1.165, 1.54) is 0 Å². The highest BCUT2D eigenvalue weighted by molar-refractivity contribution is 6.68. The molecule has 0 bridgehead atoms. The van der Waals surface area contributed by atoms with Crippen molar-refractivity contribution in [2.45, 2.75) is 6.18 Å². The lowest BCUT2D eigenvalue weighted by molar-refractivity contribution is -0.388. The van der Waals surface area contributed by atoms with Crippen molar-refractivity contribution in [3.05, 3.63) is 39.4 Å². The number of carbonyl (C=O) groups is 1. The summed E-state index contributed by atoms with van der Waals surface area (Å²) >= 11 is 4.96. The molecule has 0 saturated carbocycles. The van der Waals surface area contributed by atoms with Gasteiger partial charge in [0.05, 0.1) is 4.92 Å². The molecular weight excluding hydrogens is 251 g/mol. The highest BCUT2D eigenvalue weighted by atomic mass is 35.5. The van der Waals surface area contributed by atoms with Crippen molar-refractivity contribution >= 4 is 22.5 Å². The van der Waals surface area contributed by atoms with Crippen molar-refractivity contribution < 1.29 is 22.9 Å². The number of nitro groups is 1. The summed E-state index contributed by atoms with van der Waals surface area (Å²) in [5.41, 5.74) is -3.60. The Labute approximate surface area is 91.8 Å². The van der Waals surface area contributed by atoms with E-state index in [0.717, 1.165) is 12.1 Å². The number of benzene rings is 1. The third-order valence-corrected chi connectivity index (χ3v) is 1.94. The van der Waals surface area contributed by atoms with Gasteiger partial charge in [-0.2, -0.15) is 13.2 Å². The molecule has 8 heteroatoms. The molecule has 0 aliphatic heterocycles. The van der Waals surface area contributed by atoms with Crippen molar-refractivity contribution in [2.24, 2.45) is 0 Å². The Balaban J connectivity index is 3.58. The molecule has 4 nitrogen and oxygen atoms in total. The molecule has 0 N–H and O–H groups in total. The number of nitrogens with zero attached hydrogens (tertiary/aromatic N) is 1. The van der Waals surface area contributed by atoms with Crippen molar-refractivity contribution in [2.75, 3.05) is 0 Å². The van der Waals surface area contributed by atoms with Crippen LogP contribution < -0.4 is 0 Å². The number of para-hydroxylation sites is 1. The van der Waals surface area contributed by atoms with E-state index in [0.29, 0.717) is 6.07 Å². The highest BCUT2D eigenvalue weighted by Crippen LogP contribution is 2.38. The summed E-state index contributed by atoms with van der Waals surface area (Å²) in [6.45, 7) is 0. The predicted octanol–water partition coefficient (Wildman–Crippen LogP) is 2.99. The first-order chi connectivity index (χ1) is 7.25. The van der Waals surface area contributed by atoms with Crippen LogP contribution in [0.4, 0.5) is 18.9 Å². The number of rotatable bonds is 2. The minimum Gasteiger partial charge on any atom is -0.275 e. The largest absolute Gasteiger partial charge is 0.423 e. The van der Waals surface area contributed by atoms with Crippen molar-refractivity contribution in [1.29, 1.82) is 0 Å². The van der Waals surface area contributed by atoms with Gasteiger partial charge in [0, 0.05) is 0 Å². The molecule has 0 aromatic heterocycles. The van der Waals surface area contributed by atoms with Crippen LogP contribution in [0.1, 0.15) is 15.9 Å². The molecule has 16 heavy (non-hydrogen) atoms. The van der Waals surface area contributed by atoms with Crippen LogP contribution in [0, 0.1) is 10.1 Å². The van der Waals surface area contributed by atoms with Crippen LogP contribution in [-0.2, 0) is 6.18 Å². The first-order valence-electron chi connectivity index (χ1n) is 3.79. The molecule has 0 radical (unpaired) electrons. The summed E-state index contributed by atoms with van der Waals surface area (Å²) in [5, 5.41) is 9.18. The lowest BCUT2D eigenvalue weighted by atomic mass is 10.1. The maximum atomic E-state index is 12.4. The minimum atomic E-state index is -4.91. The first kappa shape index (κ1) is 12.4. The SMILES string of the molecule is O=C(Cl)c1cccc(C(F)(F)F)c1[N+](=O)[O-]. The Morgan fingerprint density at radius 2 is 1.94 bits per heavy atom. The van der Waals surface area contributed by atoms with Crippen LogP contribution in [-0.4, -0.2) is 10.2 Å². The molecule has 0 heterocycles. The Kier molecular flexibility index (Phi) is 3.18. The van der Waals surface area contributed by atoms with Gasteiger partial charge in [-0.05, 0) is 23.7 Å². The van der Waals surface area contributed by atoms with E-state index in [-0.39, 0.29) is 0 Å². The fourth-order valence-electron chi connectivity index (χ4n) is 1.13. The number of nitro benzene ring substituents is 1. The Morgan fingerprint density at radius 3 is 2.31 bits per heavy atom. The van der Waals surface area contributed by atoms with Gasteiger partial charge in [0.15, 0.2) is 0 Å². The molecule has 0 spiro atoms. The molecular formula is C8H3ClF3NO3. The molecule has 0 fully saturated rings. The van der Waals surface area contributed by atoms with Gasteiger partial charge in [0.25, 0.3) is 10.9 Å². The van der Waals surface area contributed by atoms with E-state index >= 15 is 0 Å². The van der Waals surface area contributed by atoms with Crippen LogP contribution in [0.3, 0.4) is 0 Å². The second-order valence-corrected chi connectivity index (χ2v) is 3.07. The second-order valence-electron chi connectivity index (χ2n) is 2.73. The van der Waals surface area contributed by atoms with Gasteiger partial charge in [-0.25, -0.2) is 0 Å². The number of carbonyl (C=O) groups excluding carboxylic acids is 1. The van der Waals surface area contributed by atoms with Gasteiger partial charge < -0.3 is 0 Å². The number of alkyl halides is 3. The molecule has 0 atom stereocenters. The second kappa shape index (κ2) is 4.09. The van der Waals surface area contributed by atoms with Gasteiger partial charge in [0.1, 0.15) is 11.1 Å². The quantitative estimate of drug-likeness (QED) is 0.462. The molecule has 1 aromatic rings. The van der Waals surface area contributed by atoms with Crippen molar-refractivity contribution in [3.63, 3.8) is 0 Å². The molecule has 0 saturated heterocycles. The van der Waals surface area contributed by atoms with Gasteiger partial charge >= 0.3 is 6.18 Å². The Morgan fingerprint density at radius 1 is 1.38 bits per heavy atom. The number of halogens is 4. The summed E-state index contributed by atoms with van der Waals surface area (Å²) in [7, 11) is 0. The van der Waals surface area contributed by atoms with Gasteiger partial charge in [0.2, 0.25) is 0 Å². The third kappa shape index (κ3) is 2.30. The summed E-state index contributed by atoms with van der Waals surface area (Å²) < 4.78 is 37.2. The maximum Gasteiger partial charge on any atom is 0.423 e. The monoisotopic (exact) mass is 253 g/mol. The minimum absolute atomic E-state index is 0.515. The Bertz CT molecular complexity index is 458. The normalized spacial score (nSPS) is 11.2. The number of hydrogen-bond donors (Lipinski definition) is 0. The standard InChI is InChI=1S/C8H3ClF3NO3/c9-7(14)4-2-1-3-5(8(10,11)12)6(4)13(15)16/h1-3H. The fourth-order valence-corrected chi connectivity index (χ4v) is 1.28. The topological polar surface area (TPSA) is 60.2 Å². The van der Waals surface area contributed by atoms with Crippen LogP contribution in [0.2, 0.25) is 0 Å². The van der Waals surface area contributed by atoms with E-state index in [4.69, 9.17) is 11.6 Å². The summed E-state index contributed by atoms with van der Waals surface area (Å²) in [6, 6.07) is 2.26.